The van der Waals surface area contributed by atoms with Crippen LogP contribution in [0.25, 0.3) is 22.6 Å². The third-order valence-electron chi connectivity index (χ3n) is 2.71. The van der Waals surface area contributed by atoms with E-state index in [-0.39, 0.29) is 11.2 Å². The number of phenols is 1. The van der Waals surface area contributed by atoms with Gasteiger partial charge in [-0.3, -0.25) is 4.79 Å². The lowest BCUT2D eigenvalue weighted by molar-refractivity contribution is 0.466. The molecule has 0 atom stereocenters. The second-order valence-corrected chi connectivity index (χ2v) is 7.08. The quantitative estimate of drug-likeness (QED) is 0.328. The number of nitrogens with zero attached hydrogens (tertiary/aromatic N) is 1. The lowest BCUT2D eigenvalue weighted by Gasteiger charge is -2.12. The van der Waals surface area contributed by atoms with E-state index >= 15 is 0 Å². The highest BCUT2D eigenvalue weighted by Gasteiger charge is 2.22. The number of hydrogen-bond acceptors (Lipinski definition) is 4. The molecule has 1 N–H and O–H groups in total. The Kier molecular flexibility index (Phi) is 3.68. The Morgan fingerprint density at radius 2 is 1.70 bits per heavy atom. The molecule has 0 radical (unpaired) electrons. The number of phenolic OH excluding ortho intramolecular Hbond substituents is 1. The zero-order valence-electron chi connectivity index (χ0n) is 9.38. The first-order chi connectivity index (χ1) is 9.41. The van der Waals surface area contributed by atoms with Crippen LogP contribution in [0.1, 0.15) is 0 Å². The van der Waals surface area contributed by atoms with Crippen LogP contribution >= 0.6 is 63.7 Å². The van der Waals surface area contributed by atoms with Crippen LogP contribution in [-0.2, 0) is 0 Å². The van der Waals surface area contributed by atoms with Crippen molar-refractivity contribution in [2.75, 3.05) is 0 Å². The first-order valence-corrected chi connectivity index (χ1v) is 8.37. The molecular formula is C12H3Br4NO3. The minimum Gasteiger partial charge on any atom is -0.505 e. The summed E-state index contributed by atoms with van der Waals surface area (Å²) >= 11 is 13.1. The molecule has 4 nitrogen and oxygen atoms in total. The Morgan fingerprint density at radius 3 is 2.40 bits per heavy atom. The van der Waals surface area contributed by atoms with Crippen molar-refractivity contribution >= 4 is 74.8 Å². The molecule has 1 heterocycles. The lowest BCUT2D eigenvalue weighted by Crippen LogP contribution is -2.03. The number of halogens is 4. The van der Waals surface area contributed by atoms with Gasteiger partial charge in [-0.05, 0) is 75.9 Å². The monoisotopic (exact) mass is 525 g/mol. The Labute approximate surface area is 146 Å². The summed E-state index contributed by atoms with van der Waals surface area (Å²) in [6.07, 6.45) is 0. The molecule has 0 amide bonds. The van der Waals surface area contributed by atoms with E-state index in [9.17, 15) is 9.90 Å². The van der Waals surface area contributed by atoms with Crippen molar-refractivity contribution in [1.82, 2.24) is 4.98 Å². The fourth-order valence-corrected chi connectivity index (χ4v) is 3.74. The number of aromatic nitrogens is 1. The second-order valence-electron chi connectivity index (χ2n) is 3.91. The van der Waals surface area contributed by atoms with Crippen molar-refractivity contribution in [2.24, 2.45) is 0 Å². The zero-order chi connectivity index (χ0) is 14.6. The van der Waals surface area contributed by atoms with Gasteiger partial charge < -0.3 is 9.52 Å². The molecule has 0 unspecified atom stereocenters. The largest absolute Gasteiger partial charge is 0.505 e. The molecule has 0 bridgehead atoms. The third kappa shape index (κ3) is 2.04. The van der Waals surface area contributed by atoms with Gasteiger partial charge in [-0.1, -0.05) is 0 Å². The summed E-state index contributed by atoms with van der Waals surface area (Å²) in [5, 5.41) is 10.00. The van der Waals surface area contributed by atoms with Crippen LogP contribution in [0, 0.1) is 0 Å². The van der Waals surface area contributed by atoms with Gasteiger partial charge in [0, 0.05) is 0 Å². The van der Waals surface area contributed by atoms with E-state index in [1.807, 2.05) is 0 Å². The molecule has 1 aliphatic heterocycles. The fraction of sp³-hybridized carbons (Fsp3) is 0. The predicted molar refractivity (Wildman–Crippen MR) is 89.4 cm³/mol. The smallest absolute Gasteiger partial charge is 0.196 e. The highest BCUT2D eigenvalue weighted by Crippen LogP contribution is 2.45. The molecule has 1 aliphatic carbocycles. The minimum atomic E-state index is -0.195. The van der Waals surface area contributed by atoms with Gasteiger partial charge in [-0.25, -0.2) is 4.98 Å². The van der Waals surface area contributed by atoms with E-state index in [0.29, 0.717) is 40.4 Å². The molecule has 0 aromatic heterocycles. The molecule has 0 fully saturated rings. The van der Waals surface area contributed by atoms with Crippen molar-refractivity contribution < 1.29 is 9.52 Å². The van der Waals surface area contributed by atoms with Crippen molar-refractivity contribution in [2.45, 2.75) is 0 Å². The summed E-state index contributed by atoms with van der Waals surface area (Å²) in [5.74, 6) is 0.322. The minimum absolute atomic E-state index is 0.0105. The SMILES string of the molecule is O=c1ccc2nc3c(Br)c(Br)c(O)c(Br)c3oc-2c1Br. The Bertz CT molecular complexity index is 890. The molecule has 8 heteroatoms. The van der Waals surface area contributed by atoms with Gasteiger partial charge in [0.15, 0.2) is 16.8 Å². The predicted octanol–water partition coefficient (Wildman–Crippen LogP) is 5.05. The standard InChI is InChI=1S/C12H3Br4NO3/c13-5-4(18)2-1-3-11(5)20-12-8(16)10(19)7(15)6(14)9(12)17-3/h1-2,19H. The molecular weight excluding hydrogens is 526 g/mol. The van der Waals surface area contributed by atoms with Gasteiger partial charge in [0.05, 0.1) is 8.95 Å². The van der Waals surface area contributed by atoms with Crippen LogP contribution < -0.4 is 5.43 Å². The summed E-state index contributed by atoms with van der Waals surface area (Å²) in [7, 11) is 0. The first kappa shape index (κ1) is 14.5. The summed E-state index contributed by atoms with van der Waals surface area (Å²) in [4.78, 5) is 16.1. The maximum atomic E-state index is 11.6. The van der Waals surface area contributed by atoms with Crippen LogP contribution in [-0.4, -0.2) is 10.1 Å². The first-order valence-electron chi connectivity index (χ1n) is 5.20. The number of benzene rings is 2. The maximum absolute atomic E-state index is 11.6. The summed E-state index contributed by atoms with van der Waals surface area (Å²) < 4.78 is 7.44. The van der Waals surface area contributed by atoms with Crippen molar-refractivity contribution in [3.63, 3.8) is 0 Å². The fourth-order valence-electron chi connectivity index (χ4n) is 1.74. The van der Waals surface area contributed by atoms with Crippen LogP contribution in [0.2, 0.25) is 0 Å². The van der Waals surface area contributed by atoms with E-state index in [2.05, 4.69) is 68.7 Å². The highest BCUT2D eigenvalue weighted by atomic mass is 79.9. The average Bonchev–Trinajstić information content (AvgIpc) is 2.45. The summed E-state index contributed by atoms with van der Waals surface area (Å²) in [5.41, 5.74) is 1.21. The Hall–Kier alpha value is -0.440. The number of rotatable bonds is 0. The molecule has 0 spiro atoms. The van der Waals surface area contributed by atoms with Crippen LogP contribution in [0.15, 0.2) is 39.2 Å². The average molecular weight is 529 g/mol. The van der Waals surface area contributed by atoms with E-state index in [1.54, 1.807) is 6.07 Å². The molecule has 20 heavy (non-hydrogen) atoms. The van der Waals surface area contributed by atoms with Gasteiger partial charge in [0.25, 0.3) is 0 Å². The molecule has 3 rings (SSSR count). The van der Waals surface area contributed by atoms with Crippen molar-refractivity contribution in [3.05, 3.63) is 40.2 Å². The van der Waals surface area contributed by atoms with Crippen LogP contribution in [0.5, 0.6) is 5.75 Å². The van der Waals surface area contributed by atoms with E-state index in [4.69, 9.17) is 4.42 Å². The van der Waals surface area contributed by atoms with Gasteiger partial charge in [-0.2, -0.15) is 0 Å². The molecule has 0 saturated carbocycles. The number of aromatic hydroxyl groups is 1. The number of hydrogen-bond donors (Lipinski definition) is 1. The molecule has 1 aromatic carbocycles. The Balaban J connectivity index is 2.59. The lowest BCUT2D eigenvalue weighted by atomic mass is 10.2. The Morgan fingerprint density at radius 1 is 1.00 bits per heavy atom. The van der Waals surface area contributed by atoms with E-state index in [1.165, 1.54) is 6.07 Å². The maximum Gasteiger partial charge on any atom is 0.196 e. The van der Waals surface area contributed by atoms with Gasteiger partial charge in [0.1, 0.15) is 25.9 Å². The number of fused-ring (bicyclic) bond motifs is 2. The van der Waals surface area contributed by atoms with Gasteiger partial charge in [-0.15, -0.1) is 0 Å². The zero-order valence-corrected chi connectivity index (χ0v) is 15.7. The van der Waals surface area contributed by atoms with Gasteiger partial charge in [0.2, 0.25) is 0 Å². The second kappa shape index (κ2) is 5.08. The molecule has 1 aromatic rings. The third-order valence-corrected chi connectivity index (χ3v) is 6.27. The van der Waals surface area contributed by atoms with Crippen LogP contribution in [0.3, 0.4) is 0 Å². The summed E-state index contributed by atoms with van der Waals surface area (Å²) in [6.45, 7) is 0. The molecule has 2 aliphatic rings. The summed E-state index contributed by atoms with van der Waals surface area (Å²) in [6, 6.07) is 3.01. The van der Waals surface area contributed by atoms with Crippen LogP contribution in [0.4, 0.5) is 0 Å². The van der Waals surface area contributed by atoms with Gasteiger partial charge >= 0.3 is 0 Å². The molecule has 0 saturated heterocycles. The van der Waals surface area contributed by atoms with E-state index < -0.39 is 0 Å². The normalized spacial score (nSPS) is 11.4. The highest BCUT2D eigenvalue weighted by molar-refractivity contribution is 9.13. The van der Waals surface area contributed by atoms with Crippen molar-refractivity contribution in [1.29, 1.82) is 0 Å². The van der Waals surface area contributed by atoms with Crippen molar-refractivity contribution in [3.8, 4) is 17.2 Å². The van der Waals surface area contributed by atoms with E-state index in [0.717, 1.165) is 0 Å². The topological polar surface area (TPSA) is 63.3 Å². The molecule has 102 valence electrons.